The van der Waals surface area contributed by atoms with Gasteiger partial charge in [-0.3, -0.25) is 19.7 Å². The van der Waals surface area contributed by atoms with Crippen LogP contribution in [0.4, 0.5) is 11.4 Å². The number of nitro benzene ring substituents is 1. The Morgan fingerprint density at radius 2 is 1.85 bits per heavy atom. The lowest BCUT2D eigenvalue weighted by Crippen LogP contribution is -2.21. The van der Waals surface area contributed by atoms with Crippen molar-refractivity contribution < 1.29 is 14.5 Å². The lowest BCUT2D eigenvalue weighted by atomic mass is 10.2. The van der Waals surface area contributed by atoms with Crippen molar-refractivity contribution in [2.45, 2.75) is 25.5 Å². The molecule has 27 heavy (non-hydrogen) atoms. The normalized spacial score (nSPS) is 16.1. The number of rotatable bonds is 5. The Morgan fingerprint density at radius 3 is 2.52 bits per heavy atom. The van der Waals surface area contributed by atoms with Crippen LogP contribution in [0.2, 0.25) is 0 Å². The molecule has 0 saturated heterocycles. The van der Waals surface area contributed by atoms with Crippen molar-refractivity contribution in [3.8, 4) is 0 Å². The standard InChI is InChI=1S/C19H17N3O4S/c1-11-3-6-13(7-4-11)19-21-18(24)16(27-19)10-17(23)20-14-8-5-12(2)9-15(14)22(25)26/h3-9,16H,10H2,1-2H3,(H,20,23). The fraction of sp³-hybridized carbons (Fsp3) is 0.211. The largest absolute Gasteiger partial charge is 0.320 e. The molecule has 0 aliphatic carbocycles. The maximum Gasteiger partial charge on any atom is 0.293 e. The SMILES string of the molecule is Cc1ccc(C2=NC(=O)C(CC(=O)Nc3ccc(C)cc3[N+](=O)[O-])S2)cc1. The Hall–Kier alpha value is -3.00. The van der Waals surface area contributed by atoms with E-state index in [1.807, 2.05) is 31.2 Å². The molecular weight excluding hydrogens is 366 g/mol. The number of hydrogen-bond donors (Lipinski definition) is 1. The molecule has 138 valence electrons. The van der Waals surface area contributed by atoms with Gasteiger partial charge in [-0.15, -0.1) is 0 Å². The summed E-state index contributed by atoms with van der Waals surface area (Å²) in [6.07, 6.45) is -0.104. The van der Waals surface area contributed by atoms with Crippen LogP contribution in [-0.2, 0) is 9.59 Å². The molecule has 3 rings (SSSR count). The Balaban J connectivity index is 1.67. The summed E-state index contributed by atoms with van der Waals surface area (Å²) in [7, 11) is 0. The summed E-state index contributed by atoms with van der Waals surface area (Å²) in [5, 5.41) is 13.6. The van der Waals surface area contributed by atoms with Crippen LogP contribution in [0.25, 0.3) is 0 Å². The van der Waals surface area contributed by atoms with Crippen molar-refractivity contribution >= 4 is 40.0 Å². The van der Waals surface area contributed by atoms with Crippen LogP contribution in [0.15, 0.2) is 47.5 Å². The first kappa shape index (κ1) is 18.8. The van der Waals surface area contributed by atoms with E-state index in [1.165, 1.54) is 23.9 Å². The summed E-state index contributed by atoms with van der Waals surface area (Å²) < 4.78 is 0. The van der Waals surface area contributed by atoms with Crippen LogP contribution in [-0.4, -0.2) is 27.0 Å². The number of nitro groups is 1. The number of thioether (sulfide) groups is 1. The summed E-state index contributed by atoms with van der Waals surface area (Å²) in [6, 6.07) is 12.2. The lowest BCUT2D eigenvalue weighted by molar-refractivity contribution is -0.384. The van der Waals surface area contributed by atoms with Gasteiger partial charge in [0.05, 0.1) is 4.92 Å². The fourth-order valence-electron chi connectivity index (χ4n) is 2.61. The number of nitrogens with one attached hydrogen (secondary N) is 1. The van der Waals surface area contributed by atoms with Gasteiger partial charge in [0.25, 0.3) is 11.6 Å². The number of anilines is 1. The minimum atomic E-state index is -0.634. The smallest absolute Gasteiger partial charge is 0.293 e. The van der Waals surface area contributed by atoms with Crippen molar-refractivity contribution in [3.05, 3.63) is 69.3 Å². The molecule has 1 heterocycles. The Morgan fingerprint density at radius 1 is 1.19 bits per heavy atom. The molecule has 1 aliphatic rings. The minimum absolute atomic E-state index is 0.104. The Bertz CT molecular complexity index is 954. The molecule has 2 aromatic carbocycles. The van der Waals surface area contributed by atoms with Crippen molar-refractivity contribution in [1.82, 2.24) is 0 Å². The summed E-state index contributed by atoms with van der Waals surface area (Å²) >= 11 is 1.24. The highest BCUT2D eigenvalue weighted by Gasteiger charge is 2.31. The second-order valence-corrected chi connectivity index (χ2v) is 7.45. The van der Waals surface area contributed by atoms with Crippen molar-refractivity contribution in [1.29, 1.82) is 0 Å². The maximum atomic E-state index is 12.3. The van der Waals surface area contributed by atoms with E-state index in [1.54, 1.807) is 13.0 Å². The van der Waals surface area contributed by atoms with Gasteiger partial charge in [0, 0.05) is 18.1 Å². The number of carbonyl (C=O) groups excluding carboxylic acids is 2. The fourth-order valence-corrected chi connectivity index (χ4v) is 3.68. The van der Waals surface area contributed by atoms with Gasteiger partial charge in [0.15, 0.2) is 0 Å². The monoisotopic (exact) mass is 383 g/mol. The topological polar surface area (TPSA) is 102 Å². The van der Waals surface area contributed by atoms with Crippen LogP contribution in [0.3, 0.4) is 0 Å². The maximum absolute atomic E-state index is 12.3. The van der Waals surface area contributed by atoms with E-state index < -0.39 is 16.1 Å². The molecule has 0 radical (unpaired) electrons. The minimum Gasteiger partial charge on any atom is -0.320 e. The van der Waals surface area contributed by atoms with Crippen LogP contribution in [0.1, 0.15) is 23.1 Å². The first-order valence-corrected chi connectivity index (χ1v) is 9.12. The summed E-state index contributed by atoms with van der Waals surface area (Å²) in [5.41, 5.74) is 2.59. The van der Waals surface area contributed by atoms with E-state index in [4.69, 9.17) is 0 Å². The van der Waals surface area contributed by atoms with Gasteiger partial charge in [-0.05, 0) is 25.5 Å². The van der Waals surface area contributed by atoms with E-state index in [9.17, 15) is 19.7 Å². The van der Waals surface area contributed by atoms with Gasteiger partial charge in [-0.2, -0.15) is 0 Å². The molecular formula is C19H17N3O4S. The van der Waals surface area contributed by atoms with E-state index >= 15 is 0 Å². The van der Waals surface area contributed by atoms with Crippen LogP contribution >= 0.6 is 11.8 Å². The number of aliphatic imine (C=N–C) groups is 1. The van der Waals surface area contributed by atoms with Gasteiger partial charge in [-0.1, -0.05) is 47.7 Å². The molecule has 2 aromatic rings. The van der Waals surface area contributed by atoms with Crippen LogP contribution in [0, 0.1) is 24.0 Å². The average Bonchev–Trinajstić information content (AvgIpc) is 2.97. The zero-order valence-corrected chi connectivity index (χ0v) is 15.6. The molecule has 0 aromatic heterocycles. The van der Waals surface area contributed by atoms with Gasteiger partial charge in [0.1, 0.15) is 16.0 Å². The summed E-state index contributed by atoms with van der Waals surface area (Å²) in [4.78, 5) is 39.1. The Kier molecular flexibility index (Phi) is 5.36. The van der Waals surface area contributed by atoms with Crippen LogP contribution in [0.5, 0.6) is 0 Å². The average molecular weight is 383 g/mol. The highest BCUT2D eigenvalue weighted by Crippen LogP contribution is 2.30. The molecule has 1 N–H and O–H groups in total. The van der Waals surface area contributed by atoms with E-state index in [2.05, 4.69) is 10.3 Å². The molecule has 1 aliphatic heterocycles. The molecule has 0 saturated carbocycles. The predicted octanol–water partition coefficient (Wildman–Crippen LogP) is 3.63. The van der Waals surface area contributed by atoms with Gasteiger partial charge in [0.2, 0.25) is 5.91 Å². The first-order chi connectivity index (χ1) is 12.8. The lowest BCUT2D eigenvalue weighted by Gasteiger charge is -2.09. The molecule has 1 atom stereocenters. The molecule has 7 nitrogen and oxygen atoms in total. The number of nitrogens with zero attached hydrogens (tertiary/aromatic N) is 2. The molecule has 2 amide bonds. The third-order valence-corrected chi connectivity index (χ3v) is 5.24. The van der Waals surface area contributed by atoms with Crippen molar-refractivity contribution in [2.75, 3.05) is 5.32 Å². The summed E-state index contributed by atoms with van der Waals surface area (Å²) in [5.74, 6) is -0.836. The predicted molar refractivity (Wildman–Crippen MR) is 105 cm³/mol. The molecule has 1 unspecified atom stereocenters. The van der Waals surface area contributed by atoms with Gasteiger partial charge >= 0.3 is 0 Å². The van der Waals surface area contributed by atoms with Crippen molar-refractivity contribution in [2.24, 2.45) is 4.99 Å². The zero-order valence-electron chi connectivity index (χ0n) is 14.8. The second kappa shape index (κ2) is 7.71. The number of amides is 2. The van der Waals surface area contributed by atoms with E-state index in [0.29, 0.717) is 5.04 Å². The molecule has 0 fully saturated rings. The third kappa shape index (κ3) is 4.40. The second-order valence-electron chi connectivity index (χ2n) is 6.26. The highest BCUT2D eigenvalue weighted by atomic mass is 32.2. The Labute approximate surface area is 160 Å². The molecule has 0 bridgehead atoms. The number of benzene rings is 2. The third-order valence-electron chi connectivity index (χ3n) is 4.03. The zero-order chi connectivity index (χ0) is 19.6. The number of aryl methyl sites for hydroxylation is 2. The quantitative estimate of drug-likeness (QED) is 0.627. The van der Waals surface area contributed by atoms with Gasteiger partial charge in [-0.25, -0.2) is 4.99 Å². The van der Waals surface area contributed by atoms with Crippen LogP contribution < -0.4 is 5.32 Å². The highest BCUT2D eigenvalue weighted by molar-refractivity contribution is 8.16. The van der Waals surface area contributed by atoms with E-state index in [-0.39, 0.29) is 23.7 Å². The van der Waals surface area contributed by atoms with Crippen molar-refractivity contribution in [3.63, 3.8) is 0 Å². The molecule has 0 spiro atoms. The summed E-state index contributed by atoms with van der Waals surface area (Å²) in [6.45, 7) is 3.70. The molecule has 8 heteroatoms. The van der Waals surface area contributed by atoms with Gasteiger partial charge < -0.3 is 5.32 Å². The first-order valence-electron chi connectivity index (χ1n) is 8.24. The number of carbonyl (C=O) groups is 2. The number of hydrogen-bond acceptors (Lipinski definition) is 5. The van der Waals surface area contributed by atoms with E-state index in [0.717, 1.165) is 16.7 Å².